The number of nitrogens with one attached hydrogen (secondary N) is 1. The molecule has 1 aromatic rings. The maximum atomic E-state index is 5.49. The highest BCUT2D eigenvalue weighted by Gasteiger charge is 2.22. The Balaban J connectivity index is 2.77. The van der Waals surface area contributed by atoms with E-state index in [9.17, 15) is 0 Å². The summed E-state index contributed by atoms with van der Waals surface area (Å²) in [5.41, 5.74) is 0.997. The van der Waals surface area contributed by atoms with E-state index in [1.807, 2.05) is 18.2 Å². The predicted octanol–water partition coefficient (Wildman–Crippen LogP) is 3.56. The first-order chi connectivity index (χ1) is 9.82. The van der Waals surface area contributed by atoms with E-state index in [2.05, 4.69) is 33.0 Å². The first kappa shape index (κ1) is 17.8. The molecule has 21 heavy (non-hydrogen) atoms. The zero-order valence-corrected chi connectivity index (χ0v) is 14.3. The fraction of sp³-hybridized carbons (Fsp3) is 0.647. The second-order valence-electron chi connectivity index (χ2n) is 6.07. The molecule has 4 nitrogen and oxygen atoms in total. The van der Waals surface area contributed by atoms with Crippen molar-refractivity contribution in [1.82, 2.24) is 5.32 Å². The normalized spacial score (nSPS) is 14.6. The van der Waals surface area contributed by atoms with E-state index in [1.54, 1.807) is 21.3 Å². The zero-order valence-electron chi connectivity index (χ0n) is 14.3. The summed E-state index contributed by atoms with van der Waals surface area (Å²) in [6.45, 7) is 8.52. The van der Waals surface area contributed by atoms with Gasteiger partial charge in [-0.3, -0.25) is 0 Å². The van der Waals surface area contributed by atoms with Crippen LogP contribution in [0, 0.1) is 0 Å². The molecule has 0 heterocycles. The van der Waals surface area contributed by atoms with Crippen molar-refractivity contribution < 1.29 is 14.2 Å². The highest BCUT2D eigenvalue weighted by atomic mass is 16.5. The molecule has 0 fully saturated rings. The Bertz CT molecular complexity index is 446. The molecule has 1 N–H and O–H groups in total. The van der Waals surface area contributed by atoms with Crippen LogP contribution in [0.2, 0.25) is 0 Å². The molecule has 4 heteroatoms. The van der Waals surface area contributed by atoms with Gasteiger partial charge in [0.25, 0.3) is 0 Å². The van der Waals surface area contributed by atoms with Crippen LogP contribution in [0.1, 0.15) is 45.7 Å². The van der Waals surface area contributed by atoms with Gasteiger partial charge >= 0.3 is 0 Å². The topological polar surface area (TPSA) is 39.7 Å². The van der Waals surface area contributed by atoms with Crippen LogP contribution >= 0.6 is 0 Å². The van der Waals surface area contributed by atoms with E-state index in [0.717, 1.165) is 23.5 Å². The lowest BCUT2D eigenvalue weighted by atomic mass is 9.98. The van der Waals surface area contributed by atoms with Crippen molar-refractivity contribution in [2.75, 3.05) is 21.3 Å². The number of benzene rings is 1. The summed E-state index contributed by atoms with van der Waals surface area (Å²) in [6.07, 6.45) is 0.937. The molecule has 0 aliphatic rings. The standard InChI is InChI=1S/C17H29NO3/c1-12(11-17(3,4)21-7)18-13(2)15-9-8-14(19-5)10-16(15)20-6/h8-10,12-13,18H,11H2,1-7H3. The third-order valence-electron chi connectivity index (χ3n) is 3.79. The Morgan fingerprint density at radius 2 is 1.76 bits per heavy atom. The van der Waals surface area contributed by atoms with Crippen molar-refractivity contribution in [2.24, 2.45) is 0 Å². The van der Waals surface area contributed by atoms with Crippen LogP contribution in [0.25, 0.3) is 0 Å². The fourth-order valence-corrected chi connectivity index (χ4v) is 2.57. The van der Waals surface area contributed by atoms with E-state index in [-0.39, 0.29) is 11.6 Å². The largest absolute Gasteiger partial charge is 0.497 e. The van der Waals surface area contributed by atoms with Crippen LogP contribution < -0.4 is 14.8 Å². The van der Waals surface area contributed by atoms with Crippen LogP contribution in [-0.4, -0.2) is 33.0 Å². The van der Waals surface area contributed by atoms with Gasteiger partial charge in [0.15, 0.2) is 0 Å². The Morgan fingerprint density at radius 1 is 1.10 bits per heavy atom. The van der Waals surface area contributed by atoms with E-state index < -0.39 is 0 Å². The van der Waals surface area contributed by atoms with Gasteiger partial charge in [-0.15, -0.1) is 0 Å². The predicted molar refractivity (Wildman–Crippen MR) is 86.3 cm³/mol. The molecular formula is C17H29NO3. The summed E-state index contributed by atoms with van der Waals surface area (Å²) >= 11 is 0. The molecule has 0 bridgehead atoms. The second-order valence-corrected chi connectivity index (χ2v) is 6.07. The minimum Gasteiger partial charge on any atom is -0.497 e. The second kappa shape index (κ2) is 7.66. The summed E-state index contributed by atoms with van der Waals surface area (Å²) in [4.78, 5) is 0. The molecular weight excluding hydrogens is 266 g/mol. The van der Waals surface area contributed by atoms with Crippen LogP contribution in [-0.2, 0) is 4.74 Å². The number of hydrogen-bond acceptors (Lipinski definition) is 4. The van der Waals surface area contributed by atoms with Crippen molar-refractivity contribution >= 4 is 0 Å². The van der Waals surface area contributed by atoms with Crippen molar-refractivity contribution in [1.29, 1.82) is 0 Å². The van der Waals surface area contributed by atoms with Gasteiger partial charge in [-0.25, -0.2) is 0 Å². The minimum atomic E-state index is -0.129. The van der Waals surface area contributed by atoms with Gasteiger partial charge in [0, 0.05) is 30.8 Å². The highest BCUT2D eigenvalue weighted by molar-refractivity contribution is 5.42. The van der Waals surface area contributed by atoms with Gasteiger partial charge in [-0.2, -0.15) is 0 Å². The highest BCUT2D eigenvalue weighted by Crippen LogP contribution is 2.30. The monoisotopic (exact) mass is 295 g/mol. The summed E-state index contributed by atoms with van der Waals surface area (Å²) in [6, 6.07) is 6.44. The number of hydrogen-bond donors (Lipinski definition) is 1. The number of rotatable bonds is 8. The van der Waals surface area contributed by atoms with Crippen LogP contribution in [0.5, 0.6) is 11.5 Å². The maximum absolute atomic E-state index is 5.49. The quantitative estimate of drug-likeness (QED) is 0.796. The summed E-state index contributed by atoms with van der Waals surface area (Å²) in [7, 11) is 5.09. The molecule has 0 aliphatic carbocycles. The lowest BCUT2D eigenvalue weighted by Crippen LogP contribution is -2.37. The fourth-order valence-electron chi connectivity index (χ4n) is 2.57. The Kier molecular flexibility index (Phi) is 6.49. The first-order valence-electron chi connectivity index (χ1n) is 7.36. The molecule has 2 atom stereocenters. The van der Waals surface area contributed by atoms with E-state index >= 15 is 0 Å². The van der Waals surface area contributed by atoms with Gasteiger partial charge in [0.2, 0.25) is 0 Å². The SMILES string of the molecule is COc1ccc(C(C)NC(C)CC(C)(C)OC)c(OC)c1. The molecule has 0 saturated carbocycles. The zero-order chi connectivity index (χ0) is 16.0. The molecule has 0 amide bonds. The maximum Gasteiger partial charge on any atom is 0.127 e. The molecule has 0 radical (unpaired) electrons. The van der Waals surface area contributed by atoms with Gasteiger partial charge in [-0.05, 0) is 40.2 Å². The Labute approximate surface area is 128 Å². The average Bonchev–Trinajstić information content (AvgIpc) is 2.45. The van der Waals surface area contributed by atoms with Crippen molar-refractivity contribution in [3.05, 3.63) is 23.8 Å². The third-order valence-corrected chi connectivity index (χ3v) is 3.79. The van der Waals surface area contributed by atoms with Gasteiger partial charge < -0.3 is 19.5 Å². The lowest BCUT2D eigenvalue weighted by molar-refractivity contribution is 0.00781. The van der Waals surface area contributed by atoms with Crippen LogP contribution in [0.4, 0.5) is 0 Å². The van der Waals surface area contributed by atoms with E-state index in [1.165, 1.54) is 0 Å². The smallest absolute Gasteiger partial charge is 0.127 e. The van der Waals surface area contributed by atoms with Crippen LogP contribution in [0.15, 0.2) is 18.2 Å². The molecule has 2 unspecified atom stereocenters. The summed E-state index contributed by atoms with van der Waals surface area (Å²) in [5, 5.41) is 3.60. The molecule has 1 rings (SSSR count). The molecule has 0 spiro atoms. The van der Waals surface area contributed by atoms with Crippen molar-refractivity contribution in [2.45, 2.75) is 51.8 Å². The van der Waals surface area contributed by atoms with Crippen molar-refractivity contribution in [3.8, 4) is 11.5 Å². The molecule has 0 aromatic heterocycles. The van der Waals surface area contributed by atoms with Gasteiger partial charge in [-0.1, -0.05) is 6.07 Å². The number of methoxy groups -OCH3 is 3. The van der Waals surface area contributed by atoms with Gasteiger partial charge in [0.1, 0.15) is 11.5 Å². The van der Waals surface area contributed by atoms with E-state index in [0.29, 0.717) is 6.04 Å². The van der Waals surface area contributed by atoms with Crippen molar-refractivity contribution in [3.63, 3.8) is 0 Å². The Hall–Kier alpha value is -1.26. The number of ether oxygens (including phenoxy) is 3. The average molecular weight is 295 g/mol. The molecule has 0 saturated heterocycles. The van der Waals surface area contributed by atoms with Gasteiger partial charge in [0.05, 0.1) is 19.8 Å². The summed E-state index contributed by atoms with van der Waals surface area (Å²) in [5.74, 6) is 1.64. The molecule has 0 aliphatic heterocycles. The molecule has 1 aromatic carbocycles. The summed E-state index contributed by atoms with van der Waals surface area (Å²) < 4.78 is 16.2. The Morgan fingerprint density at radius 3 is 2.29 bits per heavy atom. The third kappa shape index (κ3) is 5.21. The van der Waals surface area contributed by atoms with E-state index in [4.69, 9.17) is 14.2 Å². The first-order valence-corrected chi connectivity index (χ1v) is 7.36. The van der Waals surface area contributed by atoms with Crippen LogP contribution in [0.3, 0.4) is 0 Å². The molecule has 120 valence electrons. The lowest BCUT2D eigenvalue weighted by Gasteiger charge is -2.29. The minimum absolute atomic E-state index is 0.129.